The van der Waals surface area contributed by atoms with Gasteiger partial charge in [-0.15, -0.1) is 11.3 Å². The third-order valence-corrected chi connectivity index (χ3v) is 8.37. The number of hydrogen-bond acceptors (Lipinski definition) is 6. The highest BCUT2D eigenvalue weighted by Gasteiger charge is 2.36. The highest BCUT2D eigenvalue weighted by molar-refractivity contribution is 7.89. The Bertz CT molecular complexity index is 1000. The summed E-state index contributed by atoms with van der Waals surface area (Å²) in [5, 5.41) is 7.89. The van der Waals surface area contributed by atoms with Gasteiger partial charge < -0.3 is 15.4 Å². The third kappa shape index (κ3) is 6.08. The lowest BCUT2D eigenvalue weighted by atomic mass is 9.89. The van der Waals surface area contributed by atoms with Gasteiger partial charge in [-0.1, -0.05) is 17.7 Å². The number of carbonyl (C=O) groups is 2. The van der Waals surface area contributed by atoms with E-state index in [4.69, 9.17) is 16.3 Å². The minimum absolute atomic E-state index is 0.181. The molecule has 1 unspecified atom stereocenters. The lowest BCUT2D eigenvalue weighted by Gasteiger charge is -2.35. The standard InChI is InChI=1S/C21H26ClN3O5S2/c1-30-13-10-23-21(27)19(24-20(26)18-3-2-14-31-18)15-8-11-25(12-9-15)32(28,29)17-6-4-16(22)5-7-17/h2-7,14-15,19H,8-13H2,1H3,(H,23,27)(H,24,26). The number of carbonyl (C=O) groups excluding carboxylic acids is 2. The van der Waals surface area contributed by atoms with Crippen LogP contribution in [0.4, 0.5) is 0 Å². The molecular formula is C21H26ClN3O5S2. The molecule has 1 aliphatic heterocycles. The fraction of sp³-hybridized carbons (Fsp3) is 0.429. The maximum atomic E-state index is 12.9. The predicted octanol–water partition coefficient (Wildman–Crippen LogP) is 2.36. The highest BCUT2D eigenvalue weighted by atomic mass is 35.5. The summed E-state index contributed by atoms with van der Waals surface area (Å²) in [6.45, 7) is 1.19. The van der Waals surface area contributed by atoms with Crippen LogP contribution in [0.1, 0.15) is 22.5 Å². The van der Waals surface area contributed by atoms with Crippen molar-refractivity contribution in [2.24, 2.45) is 5.92 Å². The van der Waals surface area contributed by atoms with Crippen LogP contribution in [0.3, 0.4) is 0 Å². The number of halogens is 1. The number of nitrogens with one attached hydrogen (secondary N) is 2. The molecular weight excluding hydrogens is 474 g/mol. The Balaban J connectivity index is 1.69. The molecule has 1 fully saturated rings. The van der Waals surface area contributed by atoms with Gasteiger partial charge in [0.2, 0.25) is 15.9 Å². The zero-order valence-electron chi connectivity index (χ0n) is 17.6. The van der Waals surface area contributed by atoms with Crippen molar-refractivity contribution < 1.29 is 22.7 Å². The molecule has 2 heterocycles. The number of sulfonamides is 1. The topological polar surface area (TPSA) is 105 Å². The van der Waals surface area contributed by atoms with Gasteiger partial charge in [-0.05, 0) is 54.5 Å². The van der Waals surface area contributed by atoms with Crippen molar-refractivity contribution in [2.75, 3.05) is 33.4 Å². The van der Waals surface area contributed by atoms with Crippen molar-refractivity contribution in [1.29, 1.82) is 0 Å². The van der Waals surface area contributed by atoms with Gasteiger partial charge in [-0.2, -0.15) is 4.31 Å². The monoisotopic (exact) mass is 499 g/mol. The van der Waals surface area contributed by atoms with Crippen LogP contribution in [0.5, 0.6) is 0 Å². The largest absolute Gasteiger partial charge is 0.383 e. The molecule has 3 rings (SSSR count). The van der Waals surface area contributed by atoms with Crippen molar-refractivity contribution in [1.82, 2.24) is 14.9 Å². The predicted molar refractivity (Wildman–Crippen MR) is 123 cm³/mol. The Morgan fingerprint density at radius 1 is 1.22 bits per heavy atom. The molecule has 2 aromatic rings. The summed E-state index contributed by atoms with van der Waals surface area (Å²) in [7, 11) is -2.11. The Labute approximate surface area is 196 Å². The number of nitrogens with zero attached hydrogens (tertiary/aromatic N) is 1. The molecule has 11 heteroatoms. The van der Waals surface area contributed by atoms with Crippen LogP contribution in [0.25, 0.3) is 0 Å². The summed E-state index contributed by atoms with van der Waals surface area (Å²) in [5.41, 5.74) is 0. The van der Waals surface area contributed by atoms with Gasteiger partial charge in [0.25, 0.3) is 5.91 Å². The van der Waals surface area contributed by atoms with Crippen LogP contribution in [0.2, 0.25) is 5.02 Å². The number of piperidine rings is 1. The molecule has 2 N–H and O–H groups in total. The third-order valence-electron chi connectivity index (χ3n) is 5.34. The lowest BCUT2D eigenvalue weighted by molar-refractivity contribution is -0.124. The number of thiophene rings is 1. The smallest absolute Gasteiger partial charge is 0.262 e. The maximum Gasteiger partial charge on any atom is 0.262 e. The van der Waals surface area contributed by atoms with E-state index < -0.39 is 16.1 Å². The first-order chi connectivity index (χ1) is 15.3. The van der Waals surface area contributed by atoms with E-state index in [-0.39, 0.29) is 35.7 Å². The van der Waals surface area contributed by atoms with Gasteiger partial charge in [0.05, 0.1) is 16.4 Å². The molecule has 1 aliphatic rings. The van der Waals surface area contributed by atoms with E-state index in [0.29, 0.717) is 35.9 Å². The first kappa shape index (κ1) is 24.7. The second kappa shape index (κ2) is 11.2. The van der Waals surface area contributed by atoms with Crippen LogP contribution in [-0.4, -0.2) is 63.9 Å². The molecule has 2 amide bonds. The lowest BCUT2D eigenvalue weighted by Crippen LogP contribution is -2.54. The summed E-state index contributed by atoms with van der Waals surface area (Å²) in [6, 6.07) is 8.76. The van der Waals surface area contributed by atoms with E-state index in [0.717, 1.165) is 0 Å². The minimum Gasteiger partial charge on any atom is -0.383 e. The molecule has 174 valence electrons. The summed E-state index contributed by atoms with van der Waals surface area (Å²) in [4.78, 5) is 26.1. The van der Waals surface area contributed by atoms with Crippen molar-refractivity contribution >= 4 is 44.8 Å². The number of benzene rings is 1. The van der Waals surface area contributed by atoms with Gasteiger partial charge in [0.1, 0.15) is 6.04 Å². The van der Waals surface area contributed by atoms with Crippen molar-refractivity contribution in [3.8, 4) is 0 Å². The average molecular weight is 500 g/mol. The van der Waals surface area contributed by atoms with E-state index in [9.17, 15) is 18.0 Å². The number of ether oxygens (including phenoxy) is 1. The van der Waals surface area contributed by atoms with Crippen LogP contribution in [-0.2, 0) is 19.6 Å². The average Bonchev–Trinajstić information content (AvgIpc) is 3.33. The Morgan fingerprint density at radius 2 is 1.91 bits per heavy atom. The van der Waals surface area contributed by atoms with Crippen LogP contribution < -0.4 is 10.6 Å². The van der Waals surface area contributed by atoms with E-state index in [2.05, 4.69) is 10.6 Å². The molecule has 0 saturated carbocycles. The first-order valence-electron chi connectivity index (χ1n) is 10.2. The fourth-order valence-corrected chi connectivity index (χ4v) is 5.83. The van der Waals surface area contributed by atoms with Gasteiger partial charge in [0.15, 0.2) is 0 Å². The summed E-state index contributed by atoms with van der Waals surface area (Å²) in [5.74, 6) is -0.813. The molecule has 1 saturated heterocycles. The van der Waals surface area contributed by atoms with Gasteiger partial charge in [-0.3, -0.25) is 9.59 Å². The second-order valence-corrected chi connectivity index (χ2v) is 10.7. The van der Waals surface area contributed by atoms with Gasteiger partial charge in [0, 0.05) is 31.8 Å². The van der Waals surface area contributed by atoms with Crippen molar-refractivity contribution in [2.45, 2.75) is 23.8 Å². The fourth-order valence-electron chi connectivity index (χ4n) is 3.61. The zero-order chi connectivity index (χ0) is 23.1. The van der Waals surface area contributed by atoms with Crippen LogP contribution in [0, 0.1) is 5.92 Å². The van der Waals surface area contributed by atoms with E-state index in [1.165, 1.54) is 27.8 Å². The molecule has 1 aromatic heterocycles. The molecule has 1 aromatic carbocycles. The molecule has 1 atom stereocenters. The summed E-state index contributed by atoms with van der Waals surface area (Å²) >= 11 is 7.16. The molecule has 0 spiro atoms. The maximum absolute atomic E-state index is 12.9. The molecule has 0 radical (unpaired) electrons. The zero-order valence-corrected chi connectivity index (χ0v) is 20.0. The molecule has 32 heavy (non-hydrogen) atoms. The Hall–Kier alpha value is -1.98. The Kier molecular flexibility index (Phi) is 8.66. The van der Waals surface area contributed by atoms with E-state index >= 15 is 0 Å². The first-order valence-corrected chi connectivity index (χ1v) is 12.9. The number of rotatable bonds is 9. The highest BCUT2D eigenvalue weighted by Crippen LogP contribution is 2.27. The molecule has 8 nitrogen and oxygen atoms in total. The summed E-state index contributed by atoms with van der Waals surface area (Å²) < 4.78 is 32.3. The number of methoxy groups -OCH3 is 1. The van der Waals surface area contributed by atoms with Crippen LogP contribution >= 0.6 is 22.9 Å². The number of hydrogen-bond donors (Lipinski definition) is 2. The normalized spacial score (nSPS) is 16.4. The SMILES string of the molecule is COCCNC(=O)C(NC(=O)c1cccs1)C1CCN(S(=O)(=O)c2ccc(Cl)cc2)CC1. The van der Waals surface area contributed by atoms with E-state index in [1.54, 1.807) is 36.8 Å². The van der Waals surface area contributed by atoms with Crippen molar-refractivity contribution in [3.05, 3.63) is 51.7 Å². The Morgan fingerprint density at radius 3 is 2.50 bits per heavy atom. The van der Waals surface area contributed by atoms with Gasteiger partial charge in [-0.25, -0.2) is 8.42 Å². The van der Waals surface area contributed by atoms with Crippen molar-refractivity contribution in [3.63, 3.8) is 0 Å². The molecule has 0 bridgehead atoms. The number of amides is 2. The van der Waals surface area contributed by atoms with E-state index in [1.807, 2.05) is 0 Å². The molecule has 0 aliphatic carbocycles. The quantitative estimate of drug-likeness (QED) is 0.515. The van der Waals surface area contributed by atoms with Crippen LogP contribution in [0.15, 0.2) is 46.7 Å². The summed E-state index contributed by atoms with van der Waals surface area (Å²) in [6.07, 6.45) is 0.889. The minimum atomic E-state index is -3.65. The second-order valence-electron chi connectivity index (χ2n) is 7.41. The van der Waals surface area contributed by atoms with Gasteiger partial charge >= 0.3 is 0 Å².